The van der Waals surface area contributed by atoms with Crippen LogP contribution in [0.1, 0.15) is 5.69 Å². The Morgan fingerprint density at radius 3 is 2.37 bits per heavy atom. The van der Waals surface area contributed by atoms with Crippen molar-refractivity contribution in [2.75, 3.05) is 30.0 Å². The van der Waals surface area contributed by atoms with Crippen LogP contribution in [0, 0.1) is 28.7 Å². The van der Waals surface area contributed by atoms with Gasteiger partial charge in [0.15, 0.2) is 21.5 Å². The monoisotopic (exact) mass is 436 g/mol. The highest BCUT2D eigenvalue weighted by molar-refractivity contribution is 7.90. The van der Waals surface area contributed by atoms with Crippen LogP contribution in [0.2, 0.25) is 0 Å². The molecule has 0 saturated carbocycles. The van der Waals surface area contributed by atoms with E-state index in [1.54, 1.807) is 13.0 Å². The van der Waals surface area contributed by atoms with E-state index in [-0.39, 0.29) is 28.3 Å². The number of halogens is 2. The van der Waals surface area contributed by atoms with E-state index in [2.05, 4.69) is 15.6 Å². The molecule has 0 atom stereocenters. The molecule has 0 radical (unpaired) electrons. The molecule has 8 nitrogen and oxygen atoms in total. The van der Waals surface area contributed by atoms with Crippen molar-refractivity contribution < 1.29 is 22.1 Å². The Labute approximate surface area is 171 Å². The van der Waals surface area contributed by atoms with Gasteiger partial charge in [0.1, 0.15) is 11.2 Å². The Bertz CT molecular complexity index is 1250. The fourth-order valence-corrected chi connectivity index (χ4v) is 3.59. The lowest BCUT2D eigenvalue weighted by Gasteiger charge is -2.13. The summed E-state index contributed by atoms with van der Waals surface area (Å²) in [5, 5.41) is 17.6. The average molecular weight is 436 g/mol. The third kappa shape index (κ3) is 4.46. The van der Waals surface area contributed by atoms with Gasteiger partial charge in [-0.05, 0) is 37.3 Å². The molecule has 3 rings (SSSR count). The molecule has 1 heterocycles. The average Bonchev–Trinajstić information content (AvgIpc) is 2.67. The fraction of sp³-hybridized carbons (Fsp3) is 0.211. The lowest BCUT2D eigenvalue weighted by atomic mass is 10.1. The largest absolute Gasteiger partial charge is 0.383 e. The van der Waals surface area contributed by atoms with Crippen LogP contribution >= 0.6 is 0 Å². The van der Waals surface area contributed by atoms with Crippen molar-refractivity contribution in [1.29, 1.82) is 0 Å². The second kappa shape index (κ2) is 8.19. The van der Waals surface area contributed by atoms with Gasteiger partial charge in [0.05, 0.1) is 9.82 Å². The summed E-state index contributed by atoms with van der Waals surface area (Å²) in [5.41, 5.74) is 0.755. The number of nitro benzene ring substituents is 1. The van der Waals surface area contributed by atoms with Gasteiger partial charge in [-0.3, -0.25) is 10.1 Å². The minimum atomic E-state index is -3.58. The zero-order valence-electron chi connectivity index (χ0n) is 16.1. The highest BCUT2D eigenvalue weighted by Crippen LogP contribution is 2.28. The van der Waals surface area contributed by atoms with E-state index in [9.17, 15) is 27.3 Å². The number of benzene rings is 2. The number of aromatic nitrogens is 1. The summed E-state index contributed by atoms with van der Waals surface area (Å²) in [7, 11) is -3.58. The summed E-state index contributed by atoms with van der Waals surface area (Å²) < 4.78 is 50.7. The van der Waals surface area contributed by atoms with Crippen molar-refractivity contribution in [3.8, 4) is 0 Å². The van der Waals surface area contributed by atoms with Crippen molar-refractivity contribution in [3.05, 3.63) is 63.8 Å². The van der Waals surface area contributed by atoms with Gasteiger partial charge in [0.25, 0.3) is 5.69 Å². The van der Waals surface area contributed by atoms with E-state index < -0.39 is 26.4 Å². The van der Waals surface area contributed by atoms with E-state index in [4.69, 9.17) is 0 Å². The maximum absolute atomic E-state index is 14.0. The molecular weight excluding hydrogens is 418 g/mol. The van der Waals surface area contributed by atoms with Gasteiger partial charge < -0.3 is 10.6 Å². The van der Waals surface area contributed by atoms with Crippen molar-refractivity contribution in [2.45, 2.75) is 11.8 Å². The number of nitrogens with zero attached hydrogens (tertiary/aromatic N) is 2. The summed E-state index contributed by atoms with van der Waals surface area (Å²) in [6.45, 7) is 2.19. The number of fused-ring (bicyclic) bond motifs is 1. The second-order valence-electron chi connectivity index (χ2n) is 6.63. The van der Waals surface area contributed by atoms with Gasteiger partial charge in [-0.2, -0.15) is 0 Å². The van der Waals surface area contributed by atoms with E-state index >= 15 is 0 Å². The predicted molar refractivity (Wildman–Crippen MR) is 110 cm³/mol. The highest BCUT2D eigenvalue weighted by atomic mass is 32.2. The lowest BCUT2D eigenvalue weighted by molar-refractivity contribution is -0.384. The molecule has 11 heteroatoms. The molecule has 0 aliphatic heterocycles. The summed E-state index contributed by atoms with van der Waals surface area (Å²) in [6, 6.07) is 7.74. The van der Waals surface area contributed by atoms with Gasteiger partial charge in [0.2, 0.25) is 0 Å². The van der Waals surface area contributed by atoms with Gasteiger partial charge in [-0.25, -0.2) is 22.2 Å². The molecule has 0 unspecified atom stereocenters. The summed E-state index contributed by atoms with van der Waals surface area (Å²) >= 11 is 0. The summed E-state index contributed by atoms with van der Waals surface area (Å²) in [5.74, 6) is -2.02. The molecule has 0 aliphatic rings. The molecule has 30 heavy (non-hydrogen) atoms. The number of aryl methyl sites for hydroxylation is 1. The van der Waals surface area contributed by atoms with Crippen LogP contribution in [0.5, 0.6) is 0 Å². The van der Waals surface area contributed by atoms with Crippen LogP contribution in [-0.4, -0.2) is 37.7 Å². The van der Waals surface area contributed by atoms with Gasteiger partial charge in [-0.15, -0.1) is 0 Å². The fourth-order valence-electron chi connectivity index (χ4n) is 2.95. The summed E-state index contributed by atoms with van der Waals surface area (Å²) in [4.78, 5) is 14.5. The molecule has 0 bridgehead atoms. The lowest BCUT2D eigenvalue weighted by Crippen LogP contribution is -2.15. The molecule has 0 spiro atoms. The van der Waals surface area contributed by atoms with Crippen LogP contribution in [0.4, 0.5) is 25.8 Å². The third-order valence-corrected chi connectivity index (χ3v) is 5.46. The van der Waals surface area contributed by atoms with Crippen LogP contribution in [0.25, 0.3) is 10.9 Å². The first kappa shape index (κ1) is 21.4. The van der Waals surface area contributed by atoms with E-state index in [1.165, 1.54) is 18.2 Å². The molecule has 2 N–H and O–H groups in total. The highest BCUT2D eigenvalue weighted by Gasteiger charge is 2.18. The minimum absolute atomic E-state index is 0.0857. The molecule has 3 aromatic rings. The number of nitro groups is 1. The summed E-state index contributed by atoms with van der Waals surface area (Å²) in [6.07, 6.45) is 0.971. The Morgan fingerprint density at radius 1 is 1.07 bits per heavy atom. The Hall–Kier alpha value is -3.34. The number of pyridine rings is 1. The normalized spacial score (nSPS) is 11.5. The van der Waals surface area contributed by atoms with Crippen molar-refractivity contribution >= 4 is 37.8 Å². The smallest absolute Gasteiger partial charge is 0.293 e. The number of hydrogen-bond acceptors (Lipinski definition) is 7. The van der Waals surface area contributed by atoms with Crippen LogP contribution in [0.15, 0.2) is 41.3 Å². The minimum Gasteiger partial charge on any atom is -0.383 e. The first-order valence-electron chi connectivity index (χ1n) is 8.79. The zero-order valence-corrected chi connectivity index (χ0v) is 16.9. The molecular formula is C19H18F2N4O4S. The molecule has 0 amide bonds. The van der Waals surface area contributed by atoms with E-state index in [1.807, 2.05) is 0 Å². The Balaban J connectivity index is 1.76. The first-order valence-corrected chi connectivity index (χ1v) is 10.7. The number of nitrogens with one attached hydrogen (secondary N) is 2. The first-order chi connectivity index (χ1) is 14.1. The molecule has 0 fully saturated rings. The topological polar surface area (TPSA) is 114 Å². The molecule has 158 valence electrons. The van der Waals surface area contributed by atoms with Crippen molar-refractivity contribution in [3.63, 3.8) is 0 Å². The third-order valence-electron chi connectivity index (χ3n) is 4.35. The van der Waals surface area contributed by atoms with E-state index in [0.29, 0.717) is 23.3 Å². The molecule has 1 aromatic heterocycles. The Kier molecular flexibility index (Phi) is 5.83. The number of rotatable bonds is 7. The van der Waals surface area contributed by atoms with Crippen molar-refractivity contribution in [2.24, 2.45) is 0 Å². The Morgan fingerprint density at radius 2 is 1.73 bits per heavy atom. The number of hydrogen-bond donors (Lipinski definition) is 2. The van der Waals surface area contributed by atoms with Crippen LogP contribution < -0.4 is 10.6 Å². The molecule has 0 aliphatic carbocycles. The predicted octanol–water partition coefficient (Wildman–Crippen LogP) is 3.66. The van der Waals surface area contributed by atoms with Crippen LogP contribution in [-0.2, 0) is 9.84 Å². The van der Waals surface area contributed by atoms with Gasteiger partial charge in [0, 0.05) is 42.2 Å². The van der Waals surface area contributed by atoms with Crippen LogP contribution in [0.3, 0.4) is 0 Å². The van der Waals surface area contributed by atoms with Gasteiger partial charge in [-0.1, -0.05) is 0 Å². The SMILES string of the molecule is Cc1cc(NCCNc2ccc(S(C)(=O)=O)cc2[N+](=O)[O-])c2ccc(F)c(F)c2n1. The molecule has 2 aromatic carbocycles. The maximum Gasteiger partial charge on any atom is 0.293 e. The number of anilines is 2. The van der Waals surface area contributed by atoms with Crippen molar-refractivity contribution in [1.82, 2.24) is 4.98 Å². The van der Waals surface area contributed by atoms with E-state index in [0.717, 1.165) is 18.4 Å². The molecule has 0 saturated heterocycles. The number of sulfone groups is 1. The zero-order chi connectivity index (χ0) is 22.1. The second-order valence-corrected chi connectivity index (χ2v) is 8.65. The standard InChI is InChI=1S/C19H18F2N4O4S/c1-11-9-16(13-4-5-14(20)18(21)19(13)24-11)23-8-7-22-15-6-3-12(30(2,28)29)10-17(15)25(26)27/h3-6,9-10,22H,7-8H2,1-2H3,(H,23,24). The van der Waals surface area contributed by atoms with Gasteiger partial charge >= 0.3 is 0 Å². The maximum atomic E-state index is 14.0. The quantitative estimate of drug-likeness (QED) is 0.330.